The van der Waals surface area contributed by atoms with Crippen molar-refractivity contribution in [3.8, 4) is 5.75 Å². The van der Waals surface area contributed by atoms with E-state index >= 15 is 0 Å². The Morgan fingerprint density at radius 2 is 1.86 bits per heavy atom. The molecule has 0 spiro atoms. The monoisotopic (exact) mass is 284 g/mol. The molecule has 1 heterocycles. The Hall–Kier alpha value is -2.03. The maximum Gasteiger partial charge on any atom is 0.169 e. The molecule has 0 aliphatic carbocycles. The van der Waals surface area contributed by atoms with E-state index < -0.39 is 0 Å². The van der Waals surface area contributed by atoms with Crippen molar-refractivity contribution in [3.63, 3.8) is 0 Å². The Morgan fingerprint density at radius 3 is 2.57 bits per heavy atom. The number of pyridine rings is 1. The highest BCUT2D eigenvalue weighted by molar-refractivity contribution is 5.51. The summed E-state index contributed by atoms with van der Waals surface area (Å²) in [5.41, 5.74) is 1.31. The molecule has 2 rings (SSSR count). The summed E-state index contributed by atoms with van der Waals surface area (Å²) in [6.07, 6.45) is 3.86. The minimum absolute atomic E-state index is 0.0456. The van der Waals surface area contributed by atoms with Crippen molar-refractivity contribution in [3.05, 3.63) is 54.2 Å². The molecule has 0 aliphatic heterocycles. The molecule has 2 aromatic rings. The van der Waals surface area contributed by atoms with Gasteiger partial charge >= 0.3 is 0 Å². The number of aromatic nitrogens is 1. The van der Waals surface area contributed by atoms with E-state index in [9.17, 15) is 0 Å². The molecule has 0 atom stereocenters. The van der Waals surface area contributed by atoms with Crippen LogP contribution in [0, 0.1) is 0 Å². The Kier molecular flexibility index (Phi) is 5.20. The lowest BCUT2D eigenvalue weighted by molar-refractivity contribution is 0.339. The van der Waals surface area contributed by atoms with E-state index in [0.717, 1.165) is 24.4 Å². The minimum atomic E-state index is -0.0456. The first-order chi connectivity index (χ1) is 10.1. The lowest BCUT2D eigenvalue weighted by Crippen LogP contribution is -2.32. The summed E-state index contributed by atoms with van der Waals surface area (Å²) in [6, 6.07) is 14.4. The fourth-order valence-electron chi connectivity index (χ4n) is 2.24. The number of ether oxygens (including phenoxy) is 1. The zero-order valence-corrected chi connectivity index (χ0v) is 13.1. The fraction of sp³-hybridized carbons (Fsp3) is 0.389. The molecule has 0 fully saturated rings. The summed E-state index contributed by atoms with van der Waals surface area (Å²) >= 11 is 0. The average Bonchev–Trinajstić information content (AvgIpc) is 2.48. The third-order valence-corrected chi connectivity index (χ3v) is 3.41. The van der Waals surface area contributed by atoms with E-state index in [1.54, 1.807) is 6.20 Å². The van der Waals surface area contributed by atoms with Gasteiger partial charge in [-0.3, -0.25) is 0 Å². The largest absolute Gasteiger partial charge is 0.490 e. The quantitative estimate of drug-likeness (QED) is 0.823. The van der Waals surface area contributed by atoms with Crippen LogP contribution in [0.25, 0.3) is 0 Å². The second-order valence-corrected chi connectivity index (χ2v) is 5.78. The average molecular weight is 284 g/mol. The van der Waals surface area contributed by atoms with Gasteiger partial charge in [-0.05, 0) is 51.3 Å². The van der Waals surface area contributed by atoms with Crippen molar-refractivity contribution >= 4 is 5.82 Å². The van der Waals surface area contributed by atoms with Gasteiger partial charge in [0.1, 0.15) is 0 Å². The first-order valence-corrected chi connectivity index (χ1v) is 7.50. The van der Waals surface area contributed by atoms with Crippen molar-refractivity contribution in [1.29, 1.82) is 0 Å². The molecule has 1 aromatic heterocycles. The third-order valence-electron chi connectivity index (χ3n) is 3.41. The van der Waals surface area contributed by atoms with Crippen LogP contribution in [0.2, 0.25) is 0 Å². The number of nitrogens with zero attached hydrogens (tertiary/aromatic N) is 1. The Morgan fingerprint density at radius 1 is 1.10 bits per heavy atom. The molecule has 3 nitrogen and oxygen atoms in total. The highest BCUT2D eigenvalue weighted by Gasteiger charge is 2.19. The molecule has 0 aliphatic rings. The van der Waals surface area contributed by atoms with E-state index in [-0.39, 0.29) is 5.54 Å². The van der Waals surface area contributed by atoms with Crippen LogP contribution in [0.4, 0.5) is 5.82 Å². The fourth-order valence-corrected chi connectivity index (χ4v) is 2.24. The third kappa shape index (κ3) is 4.78. The van der Waals surface area contributed by atoms with E-state index in [4.69, 9.17) is 4.74 Å². The first-order valence-electron chi connectivity index (χ1n) is 7.50. The predicted molar refractivity (Wildman–Crippen MR) is 87.9 cm³/mol. The number of benzene rings is 1. The molecule has 3 heteroatoms. The summed E-state index contributed by atoms with van der Waals surface area (Å²) < 4.78 is 5.62. The summed E-state index contributed by atoms with van der Waals surface area (Å²) in [7, 11) is 0. The molecule has 0 saturated heterocycles. The molecule has 21 heavy (non-hydrogen) atoms. The molecule has 0 unspecified atom stereocenters. The SMILES string of the molecule is CCOc1cccnc1NC(C)(C)CCc1ccccc1. The van der Waals surface area contributed by atoms with Crippen LogP contribution in [0.1, 0.15) is 32.8 Å². The Balaban J connectivity index is 2.00. The second-order valence-electron chi connectivity index (χ2n) is 5.78. The van der Waals surface area contributed by atoms with E-state index in [0.29, 0.717) is 6.61 Å². The van der Waals surface area contributed by atoms with Gasteiger partial charge in [0.25, 0.3) is 0 Å². The van der Waals surface area contributed by atoms with Crippen LogP contribution in [-0.2, 0) is 6.42 Å². The van der Waals surface area contributed by atoms with Gasteiger partial charge in [0.15, 0.2) is 11.6 Å². The molecule has 0 radical (unpaired) electrons. The zero-order valence-electron chi connectivity index (χ0n) is 13.1. The summed E-state index contributed by atoms with van der Waals surface area (Å²) in [5.74, 6) is 1.63. The second kappa shape index (κ2) is 7.11. The van der Waals surface area contributed by atoms with Gasteiger partial charge in [0, 0.05) is 11.7 Å². The van der Waals surface area contributed by atoms with Gasteiger partial charge in [0.05, 0.1) is 6.61 Å². The van der Waals surface area contributed by atoms with E-state index in [1.165, 1.54) is 5.56 Å². The summed E-state index contributed by atoms with van der Waals surface area (Å²) in [5, 5.41) is 3.51. The van der Waals surface area contributed by atoms with Crippen LogP contribution >= 0.6 is 0 Å². The lowest BCUT2D eigenvalue weighted by Gasteiger charge is -2.28. The highest BCUT2D eigenvalue weighted by Crippen LogP contribution is 2.26. The maximum absolute atomic E-state index is 5.62. The molecule has 0 bridgehead atoms. The molecule has 1 aromatic carbocycles. The molecule has 1 N–H and O–H groups in total. The topological polar surface area (TPSA) is 34.1 Å². The summed E-state index contributed by atoms with van der Waals surface area (Å²) in [6.45, 7) is 7.02. The van der Waals surface area contributed by atoms with Crippen LogP contribution in [0.15, 0.2) is 48.7 Å². The number of aryl methyl sites for hydroxylation is 1. The number of hydrogen-bond acceptors (Lipinski definition) is 3. The normalized spacial score (nSPS) is 11.2. The first kappa shape index (κ1) is 15.4. The van der Waals surface area contributed by atoms with Gasteiger partial charge in [-0.25, -0.2) is 4.98 Å². The number of nitrogens with one attached hydrogen (secondary N) is 1. The molecular formula is C18H24N2O. The lowest BCUT2D eigenvalue weighted by atomic mass is 9.95. The van der Waals surface area contributed by atoms with Crippen LogP contribution in [0.3, 0.4) is 0 Å². The van der Waals surface area contributed by atoms with Gasteiger partial charge in [0.2, 0.25) is 0 Å². The van der Waals surface area contributed by atoms with Gasteiger partial charge in [-0.2, -0.15) is 0 Å². The van der Waals surface area contributed by atoms with Crippen LogP contribution in [0.5, 0.6) is 5.75 Å². The van der Waals surface area contributed by atoms with Gasteiger partial charge in [-0.1, -0.05) is 30.3 Å². The Labute approximate surface area is 127 Å². The number of hydrogen-bond donors (Lipinski definition) is 1. The molecular weight excluding hydrogens is 260 g/mol. The Bertz CT molecular complexity index is 552. The standard InChI is InChI=1S/C18H24N2O/c1-4-21-16-11-8-14-19-17(16)20-18(2,3)13-12-15-9-6-5-7-10-15/h5-11,14H,4,12-13H2,1-3H3,(H,19,20). The predicted octanol–water partition coefficient (Wildman–Crippen LogP) is 4.30. The van der Waals surface area contributed by atoms with Gasteiger partial charge < -0.3 is 10.1 Å². The van der Waals surface area contributed by atoms with Crippen molar-refractivity contribution in [2.24, 2.45) is 0 Å². The molecule has 112 valence electrons. The highest BCUT2D eigenvalue weighted by atomic mass is 16.5. The van der Waals surface area contributed by atoms with Gasteiger partial charge in [-0.15, -0.1) is 0 Å². The minimum Gasteiger partial charge on any atom is -0.490 e. The smallest absolute Gasteiger partial charge is 0.169 e. The van der Waals surface area contributed by atoms with Crippen molar-refractivity contribution in [2.45, 2.75) is 39.2 Å². The van der Waals surface area contributed by atoms with Crippen LogP contribution in [-0.4, -0.2) is 17.1 Å². The number of rotatable bonds is 7. The van der Waals surface area contributed by atoms with Crippen LogP contribution < -0.4 is 10.1 Å². The number of anilines is 1. The zero-order chi connectivity index (χ0) is 15.1. The van der Waals surface area contributed by atoms with Crippen molar-refractivity contribution in [2.75, 3.05) is 11.9 Å². The van der Waals surface area contributed by atoms with Crippen molar-refractivity contribution in [1.82, 2.24) is 4.98 Å². The van der Waals surface area contributed by atoms with Crippen molar-refractivity contribution < 1.29 is 4.74 Å². The molecule has 0 saturated carbocycles. The maximum atomic E-state index is 5.62. The summed E-state index contributed by atoms with van der Waals surface area (Å²) in [4.78, 5) is 4.40. The molecule has 0 amide bonds. The van der Waals surface area contributed by atoms with E-state index in [2.05, 4.69) is 54.5 Å². The van der Waals surface area contributed by atoms with E-state index in [1.807, 2.05) is 19.1 Å².